The minimum Gasteiger partial charge on any atom is -0.339 e. The fourth-order valence-electron chi connectivity index (χ4n) is 2.27. The van der Waals surface area contributed by atoms with Crippen molar-refractivity contribution < 1.29 is 4.52 Å². The predicted octanol–water partition coefficient (Wildman–Crippen LogP) is 1.83. The van der Waals surface area contributed by atoms with Crippen LogP contribution in [0.4, 0.5) is 0 Å². The number of hydrogen-bond donors (Lipinski definition) is 1. The second-order valence-electron chi connectivity index (χ2n) is 4.93. The Morgan fingerprint density at radius 3 is 2.70 bits per heavy atom. The zero-order valence-corrected chi connectivity index (χ0v) is 12.8. The topological polar surface area (TPSA) is 54.2 Å². The lowest BCUT2D eigenvalue weighted by Crippen LogP contribution is -2.43. The highest BCUT2D eigenvalue weighted by Gasteiger charge is 2.14. The summed E-state index contributed by atoms with van der Waals surface area (Å²) in [5, 5.41) is 7.40. The van der Waals surface area contributed by atoms with Gasteiger partial charge in [0.1, 0.15) is 0 Å². The highest BCUT2D eigenvalue weighted by molar-refractivity contribution is 9.10. The molecule has 1 N–H and O–H groups in total. The first kappa shape index (κ1) is 13.7. The van der Waals surface area contributed by atoms with Gasteiger partial charge in [-0.15, -0.1) is 0 Å². The number of nitrogens with one attached hydrogen (secondary N) is 1. The van der Waals surface area contributed by atoms with E-state index < -0.39 is 0 Å². The maximum Gasteiger partial charge on any atom is 0.231 e. The maximum atomic E-state index is 5.33. The molecule has 3 rings (SSSR count). The Morgan fingerprint density at radius 2 is 1.95 bits per heavy atom. The quantitative estimate of drug-likeness (QED) is 0.923. The van der Waals surface area contributed by atoms with Gasteiger partial charge in [0.25, 0.3) is 0 Å². The highest BCUT2D eigenvalue weighted by atomic mass is 79.9. The van der Waals surface area contributed by atoms with E-state index in [0.717, 1.165) is 43.0 Å². The molecule has 106 valence electrons. The summed E-state index contributed by atoms with van der Waals surface area (Å²) in [7, 11) is 0. The van der Waals surface area contributed by atoms with Crippen LogP contribution in [-0.4, -0.2) is 41.2 Å². The molecule has 1 saturated heterocycles. The average Bonchev–Trinajstić information content (AvgIpc) is 2.90. The van der Waals surface area contributed by atoms with Crippen LogP contribution in [0.15, 0.2) is 33.3 Å². The molecular weight excluding hydrogens is 320 g/mol. The normalized spacial score (nSPS) is 16.4. The first-order valence-corrected chi connectivity index (χ1v) is 7.58. The summed E-state index contributed by atoms with van der Waals surface area (Å²) >= 11 is 3.43. The van der Waals surface area contributed by atoms with Gasteiger partial charge in [0.2, 0.25) is 5.89 Å². The summed E-state index contributed by atoms with van der Waals surface area (Å²) in [5.41, 5.74) is 1.17. The lowest BCUT2D eigenvalue weighted by molar-refractivity contribution is 0.224. The van der Waals surface area contributed by atoms with Crippen molar-refractivity contribution in [3.8, 4) is 0 Å². The van der Waals surface area contributed by atoms with Crippen LogP contribution in [0.25, 0.3) is 0 Å². The molecule has 0 unspecified atom stereocenters. The minimum atomic E-state index is 0.678. The molecule has 1 aromatic carbocycles. The van der Waals surface area contributed by atoms with Gasteiger partial charge in [-0.25, -0.2) is 0 Å². The number of aromatic nitrogens is 2. The van der Waals surface area contributed by atoms with E-state index in [2.05, 4.69) is 48.4 Å². The van der Waals surface area contributed by atoms with Crippen molar-refractivity contribution in [2.75, 3.05) is 26.2 Å². The van der Waals surface area contributed by atoms with Gasteiger partial charge in [-0.3, -0.25) is 4.90 Å². The predicted molar refractivity (Wildman–Crippen MR) is 79.4 cm³/mol. The van der Waals surface area contributed by atoms with Gasteiger partial charge in [0.15, 0.2) is 5.82 Å². The Bertz CT molecular complexity index is 549. The van der Waals surface area contributed by atoms with E-state index in [9.17, 15) is 0 Å². The number of benzene rings is 1. The minimum absolute atomic E-state index is 0.678. The van der Waals surface area contributed by atoms with E-state index in [4.69, 9.17) is 4.52 Å². The van der Waals surface area contributed by atoms with Crippen LogP contribution in [0, 0.1) is 0 Å². The van der Waals surface area contributed by atoms with Gasteiger partial charge in [-0.2, -0.15) is 4.98 Å². The van der Waals surface area contributed by atoms with Crippen molar-refractivity contribution in [2.24, 2.45) is 0 Å². The summed E-state index contributed by atoms with van der Waals surface area (Å²) in [6.45, 7) is 4.91. The number of halogens is 1. The molecule has 1 aliphatic heterocycles. The molecule has 0 bridgehead atoms. The first-order chi connectivity index (χ1) is 9.79. The third-order valence-electron chi connectivity index (χ3n) is 3.35. The first-order valence-electron chi connectivity index (χ1n) is 6.78. The number of piperazine rings is 1. The van der Waals surface area contributed by atoms with E-state index in [1.54, 1.807) is 0 Å². The van der Waals surface area contributed by atoms with Crippen molar-refractivity contribution in [2.45, 2.75) is 13.0 Å². The molecule has 0 atom stereocenters. The van der Waals surface area contributed by atoms with E-state index >= 15 is 0 Å². The fourth-order valence-corrected chi connectivity index (χ4v) is 2.54. The Hall–Kier alpha value is -1.24. The summed E-state index contributed by atoms with van der Waals surface area (Å²) in [4.78, 5) is 6.81. The molecule has 6 heteroatoms. The summed E-state index contributed by atoms with van der Waals surface area (Å²) in [5.74, 6) is 1.46. The third-order valence-corrected chi connectivity index (χ3v) is 3.88. The molecule has 2 aromatic rings. The second kappa shape index (κ2) is 6.47. The molecule has 1 aliphatic rings. The van der Waals surface area contributed by atoms with Crippen LogP contribution in [0.5, 0.6) is 0 Å². The van der Waals surface area contributed by atoms with Crippen molar-refractivity contribution in [3.63, 3.8) is 0 Å². The molecule has 0 amide bonds. The average molecular weight is 337 g/mol. The number of rotatable bonds is 4. The molecular formula is C14H17BrN4O. The molecule has 0 saturated carbocycles. The maximum absolute atomic E-state index is 5.33. The number of nitrogens with zero attached hydrogens (tertiary/aromatic N) is 3. The molecule has 1 aromatic heterocycles. The monoisotopic (exact) mass is 336 g/mol. The zero-order valence-electron chi connectivity index (χ0n) is 11.2. The van der Waals surface area contributed by atoms with Crippen LogP contribution >= 0.6 is 15.9 Å². The van der Waals surface area contributed by atoms with Gasteiger partial charge < -0.3 is 9.84 Å². The summed E-state index contributed by atoms with van der Waals surface area (Å²) < 4.78 is 6.40. The van der Waals surface area contributed by atoms with E-state index in [1.165, 1.54) is 5.56 Å². The molecule has 20 heavy (non-hydrogen) atoms. The fraction of sp³-hybridized carbons (Fsp3) is 0.429. The largest absolute Gasteiger partial charge is 0.339 e. The molecule has 5 nitrogen and oxygen atoms in total. The van der Waals surface area contributed by atoms with Gasteiger partial charge in [-0.05, 0) is 17.7 Å². The number of hydrogen-bond acceptors (Lipinski definition) is 5. The van der Waals surface area contributed by atoms with Crippen LogP contribution in [-0.2, 0) is 13.0 Å². The van der Waals surface area contributed by atoms with E-state index in [1.807, 2.05) is 12.1 Å². The molecule has 0 spiro atoms. The summed E-state index contributed by atoms with van der Waals surface area (Å²) in [6, 6.07) is 8.16. The Labute approximate surface area is 126 Å². The lowest BCUT2D eigenvalue weighted by Gasteiger charge is -2.25. The Kier molecular flexibility index (Phi) is 4.44. The van der Waals surface area contributed by atoms with E-state index in [0.29, 0.717) is 12.3 Å². The van der Waals surface area contributed by atoms with Crippen LogP contribution in [0.2, 0.25) is 0 Å². The van der Waals surface area contributed by atoms with Gasteiger partial charge >= 0.3 is 0 Å². The zero-order chi connectivity index (χ0) is 13.8. The Morgan fingerprint density at radius 1 is 1.20 bits per heavy atom. The van der Waals surface area contributed by atoms with E-state index in [-0.39, 0.29) is 0 Å². The third kappa shape index (κ3) is 3.65. The lowest BCUT2D eigenvalue weighted by atomic mass is 10.1. The SMILES string of the molecule is Brc1ccc(Cc2nc(CN3CCNCC3)no2)cc1. The van der Waals surface area contributed by atoms with Crippen LogP contribution in [0.1, 0.15) is 17.3 Å². The summed E-state index contributed by atoms with van der Waals surface area (Å²) in [6.07, 6.45) is 0.682. The van der Waals surface area contributed by atoms with Crippen molar-refractivity contribution in [1.82, 2.24) is 20.4 Å². The Balaban J connectivity index is 1.60. The second-order valence-corrected chi connectivity index (χ2v) is 5.85. The molecule has 0 radical (unpaired) electrons. The standard InChI is InChI=1S/C14H17BrN4O/c15-12-3-1-11(2-4-12)9-14-17-13(18-20-14)10-19-7-5-16-6-8-19/h1-4,16H,5-10H2. The van der Waals surface area contributed by atoms with Crippen LogP contribution < -0.4 is 5.32 Å². The van der Waals surface area contributed by atoms with Crippen molar-refractivity contribution in [3.05, 3.63) is 46.0 Å². The smallest absolute Gasteiger partial charge is 0.231 e. The molecule has 0 aliphatic carbocycles. The van der Waals surface area contributed by atoms with Gasteiger partial charge in [-0.1, -0.05) is 33.2 Å². The van der Waals surface area contributed by atoms with Gasteiger partial charge in [0.05, 0.1) is 13.0 Å². The highest BCUT2D eigenvalue weighted by Crippen LogP contribution is 2.13. The molecule has 1 fully saturated rings. The van der Waals surface area contributed by atoms with Crippen molar-refractivity contribution in [1.29, 1.82) is 0 Å². The molecule has 2 heterocycles. The van der Waals surface area contributed by atoms with Crippen LogP contribution in [0.3, 0.4) is 0 Å². The van der Waals surface area contributed by atoms with Gasteiger partial charge in [0, 0.05) is 30.7 Å². The van der Waals surface area contributed by atoms with Crippen molar-refractivity contribution >= 4 is 15.9 Å².